The fourth-order valence-electron chi connectivity index (χ4n) is 3.28. The minimum Gasteiger partial charge on any atom is -0.487 e. The number of nitrogens with zero attached hydrogens (tertiary/aromatic N) is 2. The van der Waals surface area contributed by atoms with Gasteiger partial charge < -0.3 is 15.0 Å². The van der Waals surface area contributed by atoms with Crippen LogP contribution in [0.1, 0.15) is 12.8 Å². The number of hydrogen-bond donors (Lipinski definition) is 1. The van der Waals surface area contributed by atoms with Gasteiger partial charge in [-0.3, -0.25) is 0 Å². The van der Waals surface area contributed by atoms with Gasteiger partial charge in [0.1, 0.15) is 0 Å². The summed E-state index contributed by atoms with van der Waals surface area (Å²) in [6.07, 6.45) is 3.01. The Bertz CT molecular complexity index is 725. The molecular formula is C17H25F2N3O3S. The van der Waals surface area contributed by atoms with Crippen molar-refractivity contribution in [2.75, 3.05) is 51.0 Å². The molecule has 146 valence electrons. The third-order valence-electron chi connectivity index (χ3n) is 5.17. The second-order valence-electron chi connectivity index (χ2n) is 7.08. The fourth-order valence-corrected chi connectivity index (χ4v) is 3.96. The van der Waals surface area contributed by atoms with Gasteiger partial charge in [-0.1, -0.05) is 0 Å². The maximum Gasteiger partial charge on any atom is 0.211 e. The van der Waals surface area contributed by atoms with Crippen LogP contribution in [0.25, 0.3) is 0 Å². The van der Waals surface area contributed by atoms with E-state index in [1.54, 1.807) is 4.90 Å². The lowest BCUT2D eigenvalue weighted by Gasteiger charge is -2.44. The monoisotopic (exact) mass is 389 g/mol. The number of rotatable bonds is 6. The second kappa shape index (κ2) is 7.66. The van der Waals surface area contributed by atoms with Gasteiger partial charge in [0, 0.05) is 38.0 Å². The summed E-state index contributed by atoms with van der Waals surface area (Å²) < 4.78 is 58.4. The molecule has 6 nitrogen and oxygen atoms in total. The highest BCUT2D eigenvalue weighted by atomic mass is 32.2. The van der Waals surface area contributed by atoms with Crippen LogP contribution in [0.4, 0.5) is 14.5 Å². The van der Waals surface area contributed by atoms with E-state index in [1.165, 1.54) is 23.5 Å². The first-order valence-electron chi connectivity index (χ1n) is 8.76. The van der Waals surface area contributed by atoms with Crippen LogP contribution in [0.2, 0.25) is 0 Å². The summed E-state index contributed by atoms with van der Waals surface area (Å²) in [6, 6.07) is 2.31. The number of anilines is 1. The lowest BCUT2D eigenvalue weighted by atomic mass is 9.99. The molecule has 2 heterocycles. The van der Waals surface area contributed by atoms with E-state index in [0.717, 1.165) is 32.2 Å². The molecule has 0 spiro atoms. The predicted octanol–water partition coefficient (Wildman–Crippen LogP) is 1.42. The Morgan fingerprint density at radius 3 is 2.35 bits per heavy atom. The van der Waals surface area contributed by atoms with Gasteiger partial charge in [-0.15, -0.1) is 0 Å². The van der Waals surface area contributed by atoms with Gasteiger partial charge in [-0.2, -0.15) is 4.31 Å². The van der Waals surface area contributed by atoms with Crippen molar-refractivity contribution >= 4 is 15.7 Å². The Morgan fingerprint density at radius 2 is 1.81 bits per heavy atom. The molecule has 0 bridgehead atoms. The molecule has 0 radical (unpaired) electrons. The molecule has 2 fully saturated rings. The summed E-state index contributed by atoms with van der Waals surface area (Å²) >= 11 is 0. The lowest BCUT2D eigenvalue weighted by molar-refractivity contribution is 0.201. The van der Waals surface area contributed by atoms with Crippen molar-refractivity contribution < 1.29 is 21.9 Å². The van der Waals surface area contributed by atoms with Gasteiger partial charge in [-0.05, 0) is 31.8 Å². The van der Waals surface area contributed by atoms with Crippen molar-refractivity contribution in [1.82, 2.24) is 9.62 Å². The van der Waals surface area contributed by atoms with E-state index in [0.29, 0.717) is 31.3 Å². The normalized spacial score (nSPS) is 19.7. The Labute approximate surface area is 153 Å². The number of sulfonamides is 1. The molecule has 0 saturated carbocycles. The minimum absolute atomic E-state index is 0.188. The van der Waals surface area contributed by atoms with Gasteiger partial charge in [0.25, 0.3) is 0 Å². The maximum atomic E-state index is 14.3. The smallest absolute Gasteiger partial charge is 0.211 e. The van der Waals surface area contributed by atoms with Crippen molar-refractivity contribution in [1.29, 1.82) is 0 Å². The minimum atomic E-state index is -3.28. The number of halogens is 2. The molecule has 0 atom stereocenters. The number of ether oxygens (including phenoxy) is 1. The zero-order valence-electron chi connectivity index (χ0n) is 15.0. The van der Waals surface area contributed by atoms with Gasteiger partial charge in [0.2, 0.25) is 10.0 Å². The molecule has 26 heavy (non-hydrogen) atoms. The van der Waals surface area contributed by atoms with Gasteiger partial charge in [0.05, 0.1) is 18.9 Å². The highest BCUT2D eigenvalue weighted by Gasteiger charge is 2.35. The van der Waals surface area contributed by atoms with E-state index in [9.17, 15) is 17.2 Å². The van der Waals surface area contributed by atoms with Crippen LogP contribution in [0.5, 0.6) is 5.75 Å². The quantitative estimate of drug-likeness (QED) is 0.798. The Hall–Kier alpha value is -1.45. The summed E-state index contributed by atoms with van der Waals surface area (Å²) in [6.45, 7) is 2.90. The molecule has 0 aliphatic carbocycles. The van der Waals surface area contributed by atoms with Crippen molar-refractivity contribution in [3.05, 3.63) is 23.8 Å². The molecular weight excluding hydrogens is 364 g/mol. The summed E-state index contributed by atoms with van der Waals surface area (Å²) in [5.41, 5.74) is 0.396. The van der Waals surface area contributed by atoms with E-state index >= 15 is 0 Å². The fraction of sp³-hybridized carbons (Fsp3) is 0.647. The number of benzene rings is 1. The highest BCUT2D eigenvalue weighted by molar-refractivity contribution is 7.88. The highest BCUT2D eigenvalue weighted by Crippen LogP contribution is 2.31. The van der Waals surface area contributed by atoms with Crippen LogP contribution < -0.4 is 15.0 Å². The lowest BCUT2D eigenvalue weighted by Crippen LogP contribution is -2.59. The van der Waals surface area contributed by atoms with Crippen molar-refractivity contribution in [2.24, 2.45) is 5.92 Å². The molecule has 2 saturated heterocycles. The third-order valence-corrected chi connectivity index (χ3v) is 6.51. The van der Waals surface area contributed by atoms with Crippen LogP contribution in [0, 0.1) is 17.6 Å². The Kier molecular flexibility index (Phi) is 5.69. The average Bonchev–Trinajstić information content (AvgIpc) is 2.52. The van der Waals surface area contributed by atoms with Crippen LogP contribution in [-0.4, -0.2) is 64.9 Å². The summed E-state index contributed by atoms with van der Waals surface area (Å²) in [5.74, 6) is -1.49. The maximum absolute atomic E-state index is 14.3. The van der Waals surface area contributed by atoms with Gasteiger partial charge >= 0.3 is 0 Å². The summed E-state index contributed by atoms with van der Waals surface area (Å²) in [4.78, 5) is 1.75. The zero-order valence-corrected chi connectivity index (χ0v) is 15.9. The third kappa shape index (κ3) is 4.27. The average molecular weight is 389 g/mol. The topological polar surface area (TPSA) is 61.9 Å². The molecule has 0 amide bonds. The van der Waals surface area contributed by atoms with E-state index in [2.05, 4.69) is 5.32 Å². The molecule has 0 aromatic heterocycles. The van der Waals surface area contributed by atoms with E-state index < -0.39 is 21.7 Å². The van der Waals surface area contributed by atoms with Crippen molar-refractivity contribution in [3.8, 4) is 5.75 Å². The van der Waals surface area contributed by atoms with E-state index in [1.807, 2.05) is 0 Å². The molecule has 2 aliphatic heterocycles. The SMILES string of the molecule is CN(C1CN(c2cc(F)c(OCC3CCNCC3)c(F)c2)C1)S(C)(=O)=O. The number of piperidine rings is 1. The first-order chi connectivity index (χ1) is 12.3. The summed E-state index contributed by atoms with van der Waals surface area (Å²) in [7, 11) is -1.77. The number of likely N-dealkylation sites (N-methyl/N-ethyl adjacent to an activating group) is 1. The molecule has 1 aromatic rings. The molecule has 1 N–H and O–H groups in total. The number of nitrogens with one attached hydrogen (secondary N) is 1. The first kappa shape index (κ1) is 19.3. The largest absolute Gasteiger partial charge is 0.487 e. The zero-order chi connectivity index (χ0) is 18.9. The van der Waals surface area contributed by atoms with Crippen LogP contribution >= 0.6 is 0 Å². The van der Waals surface area contributed by atoms with Crippen LogP contribution in [0.3, 0.4) is 0 Å². The van der Waals surface area contributed by atoms with E-state index in [-0.39, 0.29) is 11.8 Å². The number of hydrogen-bond acceptors (Lipinski definition) is 5. The predicted molar refractivity (Wildman–Crippen MR) is 96.1 cm³/mol. The van der Waals surface area contributed by atoms with Gasteiger partial charge in [-0.25, -0.2) is 17.2 Å². The van der Waals surface area contributed by atoms with Gasteiger partial charge in [0.15, 0.2) is 17.4 Å². The Morgan fingerprint density at radius 1 is 1.23 bits per heavy atom. The van der Waals surface area contributed by atoms with Crippen LogP contribution in [-0.2, 0) is 10.0 Å². The molecule has 2 aliphatic rings. The second-order valence-corrected chi connectivity index (χ2v) is 9.12. The van der Waals surface area contributed by atoms with Crippen molar-refractivity contribution in [3.63, 3.8) is 0 Å². The molecule has 9 heteroatoms. The first-order valence-corrected chi connectivity index (χ1v) is 10.6. The molecule has 1 aromatic carbocycles. The van der Waals surface area contributed by atoms with E-state index in [4.69, 9.17) is 4.74 Å². The van der Waals surface area contributed by atoms with Crippen LogP contribution in [0.15, 0.2) is 12.1 Å². The molecule has 3 rings (SSSR count). The standard InChI is InChI=1S/C17H25F2N3O3S/c1-21(26(2,23)24)14-9-22(10-14)13-7-15(18)17(16(19)8-13)25-11-12-3-5-20-6-4-12/h7-8,12,14,20H,3-6,9-11H2,1-2H3. The summed E-state index contributed by atoms with van der Waals surface area (Å²) in [5, 5.41) is 3.24. The molecule has 0 unspecified atom stereocenters. The Balaban J connectivity index is 1.61. The van der Waals surface area contributed by atoms with Crippen molar-refractivity contribution in [2.45, 2.75) is 18.9 Å².